The minimum Gasteiger partial charge on any atom is -0.494 e. The Morgan fingerprint density at radius 3 is 2.82 bits per heavy atom. The highest BCUT2D eigenvalue weighted by Gasteiger charge is 2.26. The van der Waals surface area contributed by atoms with Gasteiger partial charge >= 0.3 is 6.09 Å². The summed E-state index contributed by atoms with van der Waals surface area (Å²) in [6.07, 6.45) is 0.857. The van der Waals surface area contributed by atoms with Crippen molar-refractivity contribution in [2.24, 2.45) is 0 Å². The topological polar surface area (TPSA) is 48.0 Å². The lowest BCUT2D eigenvalue weighted by atomic mass is 10.2. The van der Waals surface area contributed by atoms with Gasteiger partial charge in [-0.15, -0.1) is 0 Å². The van der Waals surface area contributed by atoms with Gasteiger partial charge in [-0.2, -0.15) is 0 Å². The Balaban J connectivity index is 2.55. The van der Waals surface area contributed by atoms with Crippen LogP contribution in [0.3, 0.4) is 0 Å². The Labute approximate surface area is 102 Å². The largest absolute Gasteiger partial charge is 0.494 e. The number of rotatable bonds is 2. The van der Waals surface area contributed by atoms with E-state index in [-0.39, 0.29) is 12.2 Å². The second-order valence-corrected chi connectivity index (χ2v) is 4.93. The van der Waals surface area contributed by atoms with Crippen molar-refractivity contribution in [3.63, 3.8) is 0 Å². The van der Waals surface area contributed by atoms with Gasteiger partial charge in [-0.1, -0.05) is 6.58 Å². The van der Waals surface area contributed by atoms with Crippen molar-refractivity contribution >= 4 is 6.09 Å². The summed E-state index contributed by atoms with van der Waals surface area (Å²) in [4.78, 5) is 13.5. The third-order valence-electron chi connectivity index (χ3n) is 2.17. The standard InChI is InChI=1S/C12H21NO4/c1-5-16-10-8-13(6-7-15-9-10)11(14)17-12(2,3)4/h5,10H,1,6-9H2,2-4H3. The van der Waals surface area contributed by atoms with Crippen LogP contribution in [-0.2, 0) is 14.2 Å². The molecule has 1 aliphatic rings. The van der Waals surface area contributed by atoms with E-state index in [0.717, 1.165) is 0 Å². The zero-order valence-electron chi connectivity index (χ0n) is 10.8. The molecule has 1 rings (SSSR count). The molecule has 1 heterocycles. The van der Waals surface area contributed by atoms with Crippen molar-refractivity contribution in [3.8, 4) is 0 Å². The maximum Gasteiger partial charge on any atom is 0.410 e. The number of hydrogen-bond acceptors (Lipinski definition) is 4. The summed E-state index contributed by atoms with van der Waals surface area (Å²) >= 11 is 0. The van der Waals surface area contributed by atoms with Crippen LogP contribution in [0.15, 0.2) is 12.8 Å². The molecule has 0 aliphatic carbocycles. The maximum atomic E-state index is 11.9. The Hall–Kier alpha value is -1.23. The molecule has 0 radical (unpaired) electrons. The van der Waals surface area contributed by atoms with Gasteiger partial charge in [0.2, 0.25) is 0 Å². The molecule has 0 N–H and O–H groups in total. The monoisotopic (exact) mass is 243 g/mol. The van der Waals surface area contributed by atoms with Gasteiger partial charge < -0.3 is 19.1 Å². The molecule has 1 saturated heterocycles. The Morgan fingerprint density at radius 2 is 2.24 bits per heavy atom. The lowest BCUT2D eigenvalue weighted by molar-refractivity contribution is 0.0161. The van der Waals surface area contributed by atoms with E-state index in [1.54, 1.807) is 4.90 Å². The SMILES string of the molecule is C=COC1COCCN(C(=O)OC(C)(C)C)C1. The number of carbonyl (C=O) groups is 1. The molecule has 98 valence electrons. The molecule has 1 unspecified atom stereocenters. The van der Waals surface area contributed by atoms with Crippen LogP contribution in [0.1, 0.15) is 20.8 Å². The predicted octanol–water partition coefficient (Wildman–Crippen LogP) is 1.78. The molecule has 17 heavy (non-hydrogen) atoms. The summed E-state index contributed by atoms with van der Waals surface area (Å²) in [6, 6.07) is 0. The van der Waals surface area contributed by atoms with Crippen LogP contribution in [0, 0.1) is 0 Å². The Bertz CT molecular complexity index is 272. The molecule has 5 nitrogen and oxygen atoms in total. The smallest absolute Gasteiger partial charge is 0.410 e. The fourth-order valence-corrected chi connectivity index (χ4v) is 1.49. The number of nitrogens with zero attached hydrogens (tertiary/aromatic N) is 1. The van der Waals surface area contributed by atoms with E-state index < -0.39 is 5.60 Å². The van der Waals surface area contributed by atoms with Crippen molar-refractivity contribution in [2.45, 2.75) is 32.5 Å². The highest BCUT2D eigenvalue weighted by molar-refractivity contribution is 5.68. The average molecular weight is 243 g/mol. The van der Waals surface area contributed by atoms with Gasteiger partial charge in [0.15, 0.2) is 0 Å². The second-order valence-electron chi connectivity index (χ2n) is 4.93. The number of amides is 1. The first kappa shape index (κ1) is 13.8. The molecule has 1 aliphatic heterocycles. The molecule has 0 spiro atoms. The minimum atomic E-state index is -0.487. The highest BCUT2D eigenvalue weighted by atomic mass is 16.6. The lowest BCUT2D eigenvalue weighted by Crippen LogP contribution is -2.41. The van der Waals surface area contributed by atoms with Crippen LogP contribution in [0.2, 0.25) is 0 Å². The molecule has 0 aromatic rings. The van der Waals surface area contributed by atoms with Gasteiger partial charge in [-0.3, -0.25) is 0 Å². The molecule has 0 bridgehead atoms. The van der Waals surface area contributed by atoms with Crippen molar-refractivity contribution in [1.29, 1.82) is 0 Å². The quantitative estimate of drug-likeness (QED) is 0.694. The van der Waals surface area contributed by atoms with Crippen molar-refractivity contribution < 1.29 is 19.0 Å². The molecular formula is C12H21NO4. The van der Waals surface area contributed by atoms with Gasteiger partial charge in [-0.25, -0.2) is 4.79 Å². The van der Waals surface area contributed by atoms with E-state index in [9.17, 15) is 4.79 Å². The van der Waals surface area contributed by atoms with Gasteiger partial charge in [0.05, 0.1) is 26.0 Å². The van der Waals surface area contributed by atoms with Crippen molar-refractivity contribution in [2.75, 3.05) is 26.3 Å². The summed E-state index contributed by atoms with van der Waals surface area (Å²) in [5, 5.41) is 0. The van der Waals surface area contributed by atoms with Gasteiger partial charge in [0.25, 0.3) is 0 Å². The first-order valence-electron chi connectivity index (χ1n) is 5.74. The minimum absolute atomic E-state index is 0.178. The fourth-order valence-electron chi connectivity index (χ4n) is 1.49. The third kappa shape index (κ3) is 5.08. The second kappa shape index (κ2) is 5.91. The van der Waals surface area contributed by atoms with E-state index in [1.807, 2.05) is 20.8 Å². The summed E-state index contributed by atoms with van der Waals surface area (Å²) < 4.78 is 15.9. The first-order chi connectivity index (χ1) is 7.92. The molecule has 1 fully saturated rings. The lowest BCUT2D eigenvalue weighted by Gasteiger charge is -2.27. The summed E-state index contributed by atoms with van der Waals surface area (Å²) in [5.74, 6) is 0. The third-order valence-corrected chi connectivity index (χ3v) is 2.17. The summed E-state index contributed by atoms with van der Waals surface area (Å²) in [7, 11) is 0. The van der Waals surface area contributed by atoms with E-state index >= 15 is 0 Å². The van der Waals surface area contributed by atoms with Crippen LogP contribution in [0.25, 0.3) is 0 Å². The van der Waals surface area contributed by atoms with Gasteiger partial charge in [0, 0.05) is 6.54 Å². The zero-order valence-corrected chi connectivity index (χ0v) is 10.8. The van der Waals surface area contributed by atoms with Gasteiger partial charge in [-0.05, 0) is 20.8 Å². The van der Waals surface area contributed by atoms with Crippen LogP contribution in [0.4, 0.5) is 4.79 Å². The normalized spacial score (nSPS) is 21.6. The number of carbonyl (C=O) groups excluding carboxylic acids is 1. The zero-order chi connectivity index (χ0) is 12.9. The maximum absolute atomic E-state index is 11.9. The van der Waals surface area contributed by atoms with Crippen molar-refractivity contribution in [1.82, 2.24) is 4.90 Å². The number of hydrogen-bond donors (Lipinski definition) is 0. The van der Waals surface area contributed by atoms with Crippen LogP contribution < -0.4 is 0 Å². The average Bonchev–Trinajstić information content (AvgIpc) is 2.41. The molecule has 0 aromatic heterocycles. The van der Waals surface area contributed by atoms with Crippen LogP contribution in [0.5, 0.6) is 0 Å². The Morgan fingerprint density at radius 1 is 1.53 bits per heavy atom. The number of ether oxygens (including phenoxy) is 3. The fraction of sp³-hybridized carbons (Fsp3) is 0.750. The molecule has 1 amide bonds. The summed E-state index contributed by atoms with van der Waals surface area (Å²) in [5.41, 5.74) is -0.487. The Kier molecular flexibility index (Phi) is 4.81. The molecular weight excluding hydrogens is 222 g/mol. The highest BCUT2D eigenvalue weighted by Crippen LogP contribution is 2.12. The molecule has 0 aromatic carbocycles. The van der Waals surface area contributed by atoms with Gasteiger partial charge in [0.1, 0.15) is 11.7 Å². The molecule has 0 saturated carbocycles. The van der Waals surface area contributed by atoms with E-state index in [1.165, 1.54) is 6.26 Å². The van der Waals surface area contributed by atoms with E-state index in [0.29, 0.717) is 26.3 Å². The van der Waals surface area contributed by atoms with E-state index in [2.05, 4.69) is 6.58 Å². The summed E-state index contributed by atoms with van der Waals surface area (Å²) in [6.45, 7) is 11.0. The predicted molar refractivity (Wildman–Crippen MR) is 63.7 cm³/mol. The van der Waals surface area contributed by atoms with Crippen molar-refractivity contribution in [3.05, 3.63) is 12.8 Å². The van der Waals surface area contributed by atoms with Crippen LogP contribution in [-0.4, -0.2) is 49.0 Å². The first-order valence-corrected chi connectivity index (χ1v) is 5.74. The van der Waals surface area contributed by atoms with Crippen LogP contribution >= 0.6 is 0 Å². The molecule has 1 atom stereocenters. The van der Waals surface area contributed by atoms with E-state index in [4.69, 9.17) is 14.2 Å². The molecule has 5 heteroatoms.